The van der Waals surface area contributed by atoms with Gasteiger partial charge in [0.15, 0.2) is 0 Å². The lowest BCUT2D eigenvalue weighted by molar-refractivity contribution is -0.120. The molecule has 2 aliphatic rings. The zero-order chi connectivity index (χ0) is 22.0. The second kappa shape index (κ2) is 8.92. The fourth-order valence-corrected chi connectivity index (χ4v) is 5.67. The summed E-state index contributed by atoms with van der Waals surface area (Å²) in [5.41, 5.74) is 0.873. The van der Waals surface area contributed by atoms with E-state index in [-0.39, 0.29) is 29.6 Å². The number of hydrogen-bond donors (Lipinski definition) is 1. The van der Waals surface area contributed by atoms with Crippen LogP contribution in [0.25, 0.3) is 0 Å². The molecule has 1 N–H and O–H groups in total. The molecule has 4 rings (SSSR count). The topological polar surface area (TPSA) is 69.7 Å². The molecule has 1 amide bonds. The maximum atomic E-state index is 14.5. The summed E-state index contributed by atoms with van der Waals surface area (Å²) in [6.45, 7) is 2.00. The minimum atomic E-state index is -3.74. The summed E-state index contributed by atoms with van der Waals surface area (Å²) in [7, 11) is -3.74. The molecule has 166 valence electrons. The number of hydrogen-bond acceptors (Lipinski definition) is 4. The van der Waals surface area contributed by atoms with Gasteiger partial charge in [0.25, 0.3) is 0 Å². The highest BCUT2D eigenvalue weighted by Gasteiger charge is 2.33. The molecule has 2 aromatic rings. The number of nitrogens with zero attached hydrogens (tertiary/aromatic N) is 2. The van der Waals surface area contributed by atoms with E-state index in [9.17, 15) is 22.0 Å². The van der Waals surface area contributed by atoms with Gasteiger partial charge in [0.05, 0.1) is 10.6 Å². The van der Waals surface area contributed by atoms with Crippen molar-refractivity contribution in [1.29, 1.82) is 0 Å². The van der Waals surface area contributed by atoms with E-state index in [0.29, 0.717) is 18.5 Å². The van der Waals surface area contributed by atoms with Crippen molar-refractivity contribution < 1.29 is 22.0 Å². The zero-order valence-corrected chi connectivity index (χ0v) is 17.9. The van der Waals surface area contributed by atoms with Crippen molar-refractivity contribution in [2.75, 3.05) is 36.4 Å². The minimum absolute atomic E-state index is 0.0263. The normalized spacial score (nSPS) is 18.3. The molecule has 2 fully saturated rings. The molecule has 0 bridgehead atoms. The molecule has 0 aromatic heterocycles. The van der Waals surface area contributed by atoms with Crippen LogP contribution < -0.4 is 10.2 Å². The molecule has 0 unspecified atom stereocenters. The summed E-state index contributed by atoms with van der Waals surface area (Å²) < 4.78 is 54.4. The summed E-state index contributed by atoms with van der Waals surface area (Å²) in [5, 5.41) is 2.75. The van der Waals surface area contributed by atoms with E-state index < -0.39 is 27.6 Å². The van der Waals surface area contributed by atoms with Gasteiger partial charge in [-0.3, -0.25) is 4.79 Å². The highest BCUT2D eigenvalue weighted by molar-refractivity contribution is 7.89. The van der Waals surface area contributed by atoms with Crippen LogP contribution in [-0.2, 0) is 14.8 Å². The molecular formula is C22H25F2N3O3S. The van der Waals surface area contributed by atoms with Crippen LogP contribution in [-0.4, -0.2) is 44.8 Å². The van der Waals surface area contributed by atoms with Gasteiger partial charge in [-0.1, -0.05) is 6.07 Å². The van der Waals surface area contributed by atoms with Crippen LogP contribution in [0.2, 0.25) is 0 Å². The Balaban J connectivity index is 1.42. The van der Waals surface area contributed by atoms with Crippen LogP contribution >= 0.6 is 0 Å². The molecule has 2 aromatic carbocycles. The summed E-state index contributed by atoms with van der Waals surface area (Å²) in [6, 6.07) is 9.47. The van der Waals surface area contributed by atoms with Crippen molar-refractivity contribution in [2.24, 2.45) is 5.92 Å². The van der Waals surface area contributed by atoms with Gasteiger partial charge in [0.1, 0.15) is 17.3 Å². The molecule has 9 heteroatoms. The third-order valence-electron chi connectivity index (χ3n) is 5.96. The lowest BCUT2D eigenvalue weighted by atomic mass is 9.97. The number of carbonyl (C=O) groups is 1. The number of anilines is 2. The van der Waals surface area contributed by atoms with E-state index >= 15 is 0 Å². The second-order valence-corrected chi connectivity index (χ2v) is 9.89. The molecule has 2 saturated heterocycles. The maximum Gasteiger partial charge on any atom is 0.243 e. The van der Waals surface area contributed by atoms with E-state index in [1.807, 2.05) is 6.07 Å². The van der Waals surface area contributed by atoms with Gasteiger partial charge in [0, 0.05) is 32.1 Å². The average Bonchev–Trinajstić information content (AvgIpc) is 3.30. The Bertz CT molecular complexity index is 1050. The number of rotatable bonds is 5. The Labute approximate surface area is 180 Å². The number of piperidine rings is 1. The first-order valence-corrected chi connectivity index (χ1v) is 11.9. The molecule has 0 spiro atoms. The lowest BCUT2D eigenvalue weighted by Crippen LogP contribution is -2.41. The zero-order valence-electron chi connectivity index (χ0n) is 17.1. The van der Waals surface area contributed by atoms with E-state index in [1.54, 1.807) is 6.07 Å². The third-order valence-corrected chi connectivity index (χ3v) is 7.88. The number of nitrogens with one attached hydrogen (secondary N) is 1. The summed E-state index contributed by atoms with van der Waals surface area (Å²) >= 11 is 0. The molecule has 31 heavy (non-hydrogen) atoms. The largest absolute Gasteiger partial charge is 0.370 e. The number of halogens is 2. The van der Waals surface area contributed by atoms with Crippen molar-refractivity contribution in [3.63, 3.8) is 0 Å². The first-order chi connectivity index (χ1) is 14.9. The predicted octanol–water partition coefficient (Wildman–Crippen LogP) is 3.60. The van der Waals surface area contributed by atoms with Gasteiger partial charge >= 0.3 is 0 Å². The highest BCUT2D eigenvalue weighted by atomic mass is 32.2. The quantitative estimate of drug-likeness (QED) is 0.757. The number of benzene rings is 2. The van der Waals surface area contributed by atoms with Gasteiger partial charge in [-0.15, -0.1) is 0 Å². The van der Waals surface area contributed by atoms with Crippen molar-refractivity contribution in [3.05, 3.63) is 54.1 Å². The monoisotopic (exact) mass is 449 g/mol. The van der Waals surface area contributed by atoms with E-state index in [1.165, 1.54) is 22.5 Å². The van der Waals surface area contributed by atoms with Gasteiger partial charge in [0.2, 0.25) is 15.9 Å². The standard InChI is InChI=1S/C22H25F2N3O3S/c23-17-6-8-18(9-7-17)31(29,30)27-14-10-16(11-15-27)22(28)25-21-19(24)4-3-5-20(21)26-12-1-2-13-26/h3-9,16H,1-2,10-15H2,(H,25,28). The molecule has 0 aliphatic carbocycles. The maximum absolute atomic E-state index is 14.5. The SMILES string of the molecule is O=C(Nc1c(F)cccc1N1CCCC1)C1CCN(S(=O)(=O)c2ccc(F)cc2)CC1. The van der Waals surface area contributed by atoms with Gasteiger partial charge in [-0.2, -0.15) is 4.31 Å². The van der Waals surface area contributed by atoms with Crippen molar-refractivity contribution in [1.82, 2.24) is 4.31 Å². The van der Waals surface area contributed by atoms with Crippen molar-refractivity contribution in [2.45, 2.75) is 30.6 Å². The summed E-state index contributed by atoms with van der Waals surface area (Å²) in [4.78, 5) is 14.9. The van der Waals surface area contributed by atoms with Gasteiger partial charge in [-0.25, -0.2) is 17.2 Å². The Morgan fingerprint density at radius 3 is 2.23 bits per heavy atom. The van der Waals surface area contributed by atoms with Crippen LogP contribution in [0.4, 0.5) is 20.2 Å². The molecule has 0 radical (unpaired) electrons. The number of amides is 1. The Morgan fingerprint density at radius 1 is 0.935 bits per heavy atom. The van der Waals surface area contributed by atoms with Crippen molar-refractivity contribution >= 4 is 27.3 Å². The molecule has 2 heterocycles. The lowest BCUT2D eigenvalue weighted by Gasteiger charge is -2.31. The summed E-state index contributed by atoms with van der Waals surface area (Å²) in [6.07, 6.45) is 2.73. The molecule has 6 nitrogen and oxygen atoms in total. The Morgan fingerprint density at radius 2 is 1.58 bits per heavy atom. The van der Waals surface area contributed by atoms with Crippen LogP contribution in [0.5, 0.6) is 0 Å². The van der Waals surface area contributed by atoms with E-state index in [2.05, 4.69) is 10.2 Å². The van der Waals surface area contributed by atoms with Crippen LogP contribution in [0.15, 0.2) is 47.4 Å². The minimum Gasteiger partial charge on any atom is -0.370 e. The molecule has 2 aliphatic heterocycles. The predicted molar refractivity (Wildman–Crippen MR) is 114 cm³/mol. The van der Waals surface area contributed by atoms with E-state index in [4.69, 9.17) is 0 Å². The molecule has 0 saturated carbocycles. The Hall–Kier alpha value is -2.52. The highest BCUT2D eigenvalue weighted by Crippen LogP contribution is 2.32. The first kappa shape index (κ1) is 21.7. The van der Waals surface area contributed by atoms with Gasteiger partial charge < -0.3 is 10.2 Å². The van der Waals surface area contributed by atoms with Gasteiger partial charge in [-0.05, 0) is 62.1 Å². The van der Waals surface area contributed by atoms with Crippen LogP contribution in [0.3, 0.4) is 0 Å². The van der Waals surface area contributed by atoms with Crippen LogP contribution in [0.1, 0.15) is 25.7 Å². The second-order valence-electron chi connectivity index (χ2n) is 7.95. The van der Waals surface area contributed by atoms with E-state index in [0.717, 1.165) is 38.1 Å². The number of sulfonamides is 1. The average molecular weight is 450 g/mol. The smallest absolute Gasteiger partial charge is 0.243 e. The first-order valence-electron chi connectivity index (χ1n) is 10.5. The molecular weight excluding hydrogens is 424 g/mol. The fraction of sp³-hybridized carbons (Fsp3) is 0.409. The summed E-state index contributed by atoms with van der Waals surface area (Å²) in [5.74, 6) is -1.69. The Kier molecular flexibility index (Phi) is 6.24. The molecule has 0 atom stereocenters. The number of carbonyl (C=O) groups excluding carboxylic acids is 1. The fourth-order valence-electron chi connectivity index (χ4n) is 4.20. The third kappa shape index (κ3) is 4.57. The van der Waals surface area contributed by atoms with Crippen molar-refractivity contribution in [3.8, 4) is 0 Å². The number of para-hydroxylation sites is 1. The van der Waals surface area contributed by atoms with Crippen LogP contribution in [0, 0.1) is 17.6 Å².